The maximum Gasteiger partial charge on any atom is 0.265 e. The summed E-state index contributed by atoms with van der Waals surface area (Å²) in [5.74, 6) is -0.180. The molecule has 0 aliphatic carbocycles. The summed E-state index contributed by atoms with van der Waals surface area (Å²) in [6, 6.07) is 9.15. The second kappa shape index (κ2) is 6.23. The summed E-state index contributed by atoms with van der Waals surface area (Å²) in [6.45, 7) is 3.97. The molecule has 0 saturated heterocycles. The maximum atomic E-state index is 12.6. The number of anilines is 1. The van der Waals surface area contributed by atoms with E-state index >= 15 is 0 Å². The Bertz CT molecular complexity index is 1170. The van der Waals surface area contributed by atoms with Crippen LogP contribution in [0.1, 0.15) is 20.1 Å². The van der Waals surface area contributed by atoms with E-state index in [4.69, 9.17) is 0 Å². The molecule has 7 nitrogen and oxygen atoms in total. The summed E-state index contributed by atoms with van der Waals surface area (Å²) >= 11 is 1.46. The first-order chi connectivity index (χ1) is 12.5. The average molecular weight is 365 g/mol. The first kappa shape index (κ1) is 16.2. The number of fused-ring (bicyclic) bond motifs is 1. The molecule has 8 heteroatoms. The maximum absolute atomic E-state index is 12.6. The molecule has 4 rings (SSSR count). The van der Waals surface area contributed by atoms with Crippen LogP contribution in [-0.4, -0.2) is 25.7 Å². The minimum absolute atomic E-state index is 0.180. The van der Waals surface area contributed by atoms with Crippen molar-refractivity contribution in [1.29, 1.82) is 0 Å². The number of hydrogen-bond donors (Lipinski definition) is 2. The number of carbonyl (C=O) groups excluding carboxylic acids is 1. The molecular weight excluding hydrogens is 350 g/mol. The van der Waals surface area contributed by atoms with Crippen LogP contribution in [0.15, 0.2) is 47.7 Å². The molecule has 4 aromatic rings. The Morgan fingerprint density at radius 1 is 1.27 bits per heavy atom. The highest BCUT2D eigenvalue weighted by Crippen LogP contribution is 2.25. The molecule has 0 fully saturated rings. The molecule has 26 heavy (non-hydrogen) atoms. The highest BCUT2D eigenvalue weighted by molar-refractivity contribution is 7.14. The molecule has 3 heterocycles. The van der Waals surface area contributed by atoms with Crippen LogP contribution in [0, 0.1) is 13.8 Å². The number of carbonyl (C=O) groups is 1. The number of thiophene rings is 1. The Balaban J connectivity index is 1.76. The molecule has 3 aromatic heterocycles. The first-order valence-corrected chi connectivity index (χ1v) is 8.75. The summed E-state index contributed by atoms with van der Waals surface area (Å²) in [4.78, 5) is 33.0. The van der Waals surface area contributed by atoms with Crippen molar-refractivity contribution in [2.45, 2.75) is 13.8 Å². The second-order valence-corrected chi connectivity index (χ2v) is 7.10. The van der Waals surface area contributed by atoms with Crippen LogP contribution in [-0.2, 0) is 0 Å². The lowest BCUT2D eigenvalue weighted by atomic mass is 10.2. The highest BCUT2D eigenvalue weighted by Gasteiger charge is 2.16. The van der Waals surface area contributed by atoms with Gasteiger partial charge in [-0.15, -0.1) is 11.3 Å². The lowest BCUT2D eigenvalue weighted by Gasteiger charge is -2.11. The van der Waals surface area contributed by atoms with Gasteiger partial charge in [0.1, 0.15) is 5.39 Å². The lowest BCUT2D eigenvalue weighted by Crippen LogP contribution is -2.13. The fraction of sp³-hybridized carbons (Fsp3) is 0.111. The van der Waals surface area contributed by atoms with Gasteiger partial charge in [0.15, 0.2) is 5.65 Å². The quantitative estimate of drug-likeness (QED) is 0.584. The second-order valence-electron chi connectivity index (χ2n) is 5.85. The predicted octanol–water partition coefficient (Wildman–Crippen LogP) is 3.04. The Hall–Kier alpha value is -3.26. The molecule has 0 bridgehead atoms. The van der Waals surface area contributed by atoms with Gasteiger partial charge in [0.2, 0.25) is 0 Å². The Kier molecular flexibility index (Phi) is 3.89. The van der Waals surface area contributed by atoms with Crippen LogP contribution in [0.25, 0.3) is 16.7 Å². The molecule has 0 aliphatic heterocycles. The minimum atomic E-state index is -0.257. The van der Waals surface area contributed by atoms with Crippen LogP contribution in [0.3, 0.4) is 0 Å². The summed E-state index contributed by atoms with van der Waals surface area (Å²) < 4.78 is 1.55. The number of H-pyrrole nitrogens is 1. The van der Waals surface area contributed by atoms with Crippen molar-refractivity contribution in [3.05, 3.63) is 68.5 Å². The van der Waals surface area contributed by atoms with E-state index < -0.39 is 0 Å². The lowest BCUT2D eigenvalue weighted by molar-refractivity contribution is 0.103. The molecule has 2 N–H and O–H groups in total. The summed E-state index contributed by atoms with van der Waals surface area (Å²) in [7, 11) is 0. The topological polar surface area (TPSA) is 92.7 Å². The van der Waals surface area contributed by atoms with Crippen molar-refractivity contribution < 1.29 is 4.79 Å². The Labute approximate surface area is 152 Å². The molecule has 0 radical (unpaired) electrons. The standard InChI is InChI=1S/C18H15N5O2S/c1-10-7-15(26-11(10)2)18(25)22-13-5-3-4-6-14(13)23-16-12(8-21-23)17(24)20-9-19-16/h3-9H,1-2H3,(H,22,25)(H,19,20,24). The third kappa shape index (κ3) is 2.70. The fourth-order valence-corrected chi connectivity index (χ4v) is 3.59. The van der Waals surface area contributed by atoms with Crippen LogP contribution in [0.4, 0.5) is 5.69 Å². The number of nitrogens with zero attached hydrogens (tertiary/aromatic N) is 3. The van der Waals surface area contributed by atoms with E-state index in [1.165, 1.54) is 23.9 Å². The zero-order valence-electron chi connectivity index (χ0n) is 14.1. The normalized spacial score (nSPS) is 11.0. The third-order valence-corrected chi connectivity index (χ3v) is 5.29. The van der Waals surface area contributed by atoms with Crippen molar-refractivity contribution in [3.8, 4) is 5.69 Å². The molecule has 0 atom stereocenters. The van der Waals surface area contributed by atoms with Crippen LogP contribution < -0.4 is 10.9 Å². The van der Waals surface area contributed by atoms with Gasteiger partial charge in [-0.05, 0) is 37.6 Å². The largest absolute Gasteiger partial charge is 0.319 e. The third-order valence-electron chi connectivity index (χ3n) is 4.14. The van der Waals surface area contributed by atoms with Gasteiger partial charge in [0, 0.05) is 4.88 Å². The van der Waals surface area contributed by atoms with Crippen molar-refractivity contribution in [2.24, 2.45) is 0 Å². The number of aryl methyl sites for hydroxylation is 2. The molecule has 0 aliphatic rings. The molecule has 0 spiro atoms. The van der Waals surface area contributed by atoms with Gasteiger partial charge in [-0.1, -0.05) is 12.1 Å². The molecule has 1 amide bonds. The molecule has 0 unspecified atom stereocenters. The van der Waals surface area contributed by atoms with Crippen molar-refractivity contribution in [2.75, 3.05) is 5.32 Å². The predicted molar refractivity (Wildman–Crippen MR) is 101 cm³/mol. The molecular formula is C18H15N5O2S. The number of aromatic amines is 1. The Morgan fingerprint density at radius 2 is 2.08 bits per heavy atom. The number of hydrogen-bond acceptors (Lipinski definition) is 5. The smallest absolute Gasteiger partial charge is 0.265 e. The number of rotatable bonds is 3. The van der Waals surface area contributed by atoms with Gasteiger partial charge < -0.3 is 10.3 Å². The van der Waals surface area contributed by atoms with E-state index in [1.807, 2.05) is 38.1 Å². The van der Waals surface area contributed by atoms with Gasteiger partial charge in [-0.3, -0.25) is 9.59 Å². The summed E-state index contributed by atoms with van der Waals surface area (Å²) in [6.07, 6.45) is 2.80. The minimum Gasteiger partial charge on any atom is -0.319 e. The van der Waals surface area contributed by atoms with Crippen LogP contribution in [0.5, 0.6) is 0 Å². The van der Waals surface area contributed by atoms with Crippen LogP contribution in [0.2, 0.25) is 0 Å². The zero-order valence-corrected chi connectivity index (χ0v) is 14.9. The van der Waals surface area contributed by atoms with E-state index in [1.54, 1.807) is 10.7 Å². The SMILES string of the molecule is Cc1cc(C(=O)Nc2ccccc2-n2ncc3c(=O)[nH]cnc32)sc1C. The van der Waals surface area contributed by atoms with Crippen molar-refractivity contribution in [1.82, 2.24) is 19.7 Å². The van der Waals surface area contributed by atoms with E-state index in [0.29, 0.717) is 27.3 Å². The van der Waals surface area contributed by atoms with Gasteiger partial charge in [-0.25, -0.2) is 9.67 Å². The van der Waals surface area contributed by atoms with E-state index in [-0.39, 0.29) is 11.5 Å². The number of benzene rings is 1. The highest BCUT2D eigenvalue weighted by atomic mass is 32.1. The summed E-state index contributed by atoms with van der Waals surface area (Å²) in [5.41, 5.74) is 2.49. The van der Waals surface area contributed by atoms with E-state index in [2.05, 4.69) is 20.4 Å². The molecule has 0 saturated carbocycles. The van der Waals surface area contributed by atoms with E-state index in [0.717, 1.165) is 10.4 Å². The average Bonchev–Trinajstić information content (AvgIpc) is 3.20. The first-order valence-electron chi connectivity index (χ1n) is 7.94. The number of amides is 1. The molecule has 1 aromatic carbocycles. The number of aromatic nitrogens is 4. The Morgan fingerprint density at radius 3 is 2.85 bits per heavy atom. The fourth-order valence-electron chi connectivity index (χ4n) is 2.67. The van der Waals surface area contributed by atoms with Crippen LogP contribution >= 0.6 is 11.3 Å². The molecule has 130 valence electrons. The van der Waals surface area contributed by atoms with Crippen molar-refractivity contribution in [3.63, 3.8) is 0 Å². The van der Waals surface area contributed by atoms with Gasteiger partial charge in [0.25, 0.3) is 11.5 Å². The summed E-state index contributed by atoms with van der Waals surface area (Å²) in [5, 5.41) is 7.59. The van der Waals surface area contributed by atoms with Gasteiger partial charge in [-0.2, -0.15) is 5.10 Å². The number of para-hydroxylation sites is 2. The van der Waals surface area contributed by atoms with Crippen molar-refractivity contribution >= 4 is 34.0 Å². The number of nitrogens with one attached hydrogen (secondary N) is 2. The zero-order chi connectivity index (χ0) is 18.3. The van der Waals surface area contributed by atoms with Gasteiger partial charge in [0.05, 0.1) is 28.8 Å². The van der Waals surface area contributed by atoms with Gasteiger partial charge >= 0.3 is 0 Å². The van der Waals surface area contributed by atoms with E-state index in [9.17, 15) is 9.59 Å². The monoisotopic (exact) mass is 365 g/mol.